The molecule has 2 amide bonds. The van der Waals surface area contributed by atoms with Gasteiger partial charge in [-0.05, 0) is 31.4 Å². The third kappa shape index (κ3) is 26.3. The van der Waals surface area contributed by atoms with Gasteiger partial charge in [-0.2, -0.15) is 0 Å². The summed E-state index contributed by atoms with van der Waals surface area (Å²) in [5.74, 6) is -8.42. The molecule has 440 valence electrons. The fourth-order valence-corrected chi connectivity index (χ4v) is 7.54. The number of esters is 2. The van der Waals surface area contributed by atoms with Crippen molar-refractivity contribution in [2.24, 2.45) is 38.8 Å². The highest BCUT2D eigenvalue weighted by molar-refractivity contribution is 5.86. The van der Waals surface area contributed by atoms with Gasteiger partial charge < -0.3 is 111 Å². The minimum Gasteiger partial charge on any atom is -0.479 e. The average Bonchev–Trinajstić information content (AvgIpc) is 3.38. The molecule has 77 heavy (non-hydrogen) atoms. The van der Waals surface area contributed by atoms with E-state index in [-0.39, 0.29) is 103 Å². The highest BCUT2D eigenvalue weighted by atomic mass is 16.6. The molecule has 2 aliphatic heterocycles. The zero-order valence-corrected chi connectivity index (χ0v) is 43.9. The van der Waals surface area contributed by atoms with Crippen molar-refractivity contribution in [2.45, 2.75) is 114 Å². The summed E-state index contributed by atoms with van der Waals surface area (Å²) in [5, 5.41) is 62.7. The molecule has 10 atom stereocenters. The van der Waals surface area contributed by atoms with Gasteiger partial charge in [0.2, 0.25) is 23.3 Å². The van der Waals surface area contributed by atoms with E-state index in [4.69, 9.17) is 70.3 Å². The van der Waals surface area contributed by atoms with E-state index in [0.29, 0.717) is 33.0 Å². The molecule has 2 rings (SSSR count). The molecule has 0 unspecified atom stereocenters. The van der Waals surface area contributed by atoms with Crippen LogP contribution in [-0.2, 0) is 76.1 Å². The molecule has 2 heterocycles. The van der Waals surface area contributed by atoms with E-state index in [1.165, 1.54) is 11.0 Å². The monoisotopic (exact) mass is 1110 g/mol. The highest BCUT2D eigenvalue weighted by Gasteiger charge is 2.47. The Kier molecular flexibility index (Phi) is 32.9. The topological polar surface area (TPSA) is 460 Å². The number of amides is 2. The molecular formula is C47H80N8O22. The minimum atomic E-state index is -1.81. The van der Waals surface area contributed by atoms with Crippen molar-refractivity contribution in [3.63, 3.8) is 0 Å². The molecule has 0 aromatic rings. The molecule has 0 fully saturated rings. The lowest BCUT2D eigenvalue weighted by molar-refractivity contribution is -0.176. The van der Waals surface area contributed by atoms with Gasteiger partial charge in [-0.15, -0.1) is 0 Å². The SMILES string of the molecule is CCCOCCOCCOCCOCCC(=O)N(CCOCCCC(=O)O[C@@H]([C@@H]1OC(C(=O)O)=C[C@H](N=C(N)N)[C@H]1C)[C@H](O)CO)CCOCCCC(=O)O[C@@H]([C@@H]1OC(C(=O)O)=C[C@H](N=C(N)N)[C@H]1NC(C)=O)[C@H](O)CO. The Balaban J connectivity index is 1.99. The second-order valence-electron chi connectivity index (χ2n) is 17.4. The number of carbonyl (C=O) groups is 6. The first kappa shape index (κ1) is 67.2. The minimum absolute atomic E-state index is 0.00536. The zero-order valence-electron chi connectivity index (χ0n) is 43.9. The van der Waals surface area contributed by atoms with Crippen LogP contribution < -0.4 is 28.3 Å². The van der Waals surface area contributed by atoms with Crippen LogP contribution >= 0.6 is 0 Å². The normalized spacial score (nSPS) is 20.6. The third-order valence-corrected chi connectivity index (χ3v) is 11.3. The Morgan fingerprint density at radius 3 is 1.48 bits per heavy atom. The lowest BCUT2D eigenvalue weighted by Gasteiger charge is -2.39. The number of carboxylic acids is 2. The number of carboxylic acid groups (broad SMARTS) is 2. The summed E-state index contributed by atoms with van der Waals surface area (Å²) in [6.07, 6.45) is -6.77. The second kappa shape index (κ2) is 37.8. The van der Waals surface area contributed by atoms with E-state index >= 15 is 0 Å². The van der Waals surface area contributed by atoms with Crippen LogP contribution in [0.4, 0.5) is 0 Å². The molecule has 0 radical (unpaired) electrons. The Morgan fingerprint density at radius 1 is 0.623 bits per heavy atom. The van der Waals surface area contributed by atoms with Gasteiger partial charge in [0.15, 0.2) is 30.2 Å². The highest BCUT2D eigenvalue weighted by Crippen LogP contribution is 2.31. The smallest absolute Gasteiger partial charge is 0.370 e. The lowest BCUT2D eigenvalue weighted by Crippen LogP contribution is -2.60. The number of aliphatic carboxylic acids is 2. The van der Waals surface area contributed by atoms with Crippen LogP contribution in [0.5, 0.6) is 0 Å². The fourth-order valence-electron chi connectivity index (χ4n) is 7.54. The molecule has 0 aromatic carbocycles. The van der Waals surface area contributed by atoms with Gasteiger partial charge in [0.05, 0.1) is 97.2 Å². The number of nitrogens with two attached hydrogens (primary N) is 4. The molecule has 0 aromatic heterocycles. The summed E-state index contributed by atoms with van der Waals surface area (Å²) in [6, 6.07) is -3.42. The zero-order chi connectivity index (χ0) is 57.3. The molecule has 30 nitrogen and oxygen atoms in total. The van der Waals surface area contributed by atoms with Gasteiger partial charge in [-0.3, -0.25) is 19.2 Å². The van der Waals surface area contributed by atoms with Crippen LogP contribution in [0.25, 0.3) is 0 Å². The van der Waals surface area contributed by atoms with Crippen LogP contribution in [0, 0.1) is 5.92 Å². The quantitative estimate of drug-likeness (QED) is 0.0120. The summed E-state index contributed by atoms with van der Waals surface area (Å²) < 4.78 is 55.5. The number of aliphatic imine (C=N–C) groups is 2. The maximum atomic E-state index is 13.4. The van der Waals surface area contributed by atoms with Crippen molar-refractivity contribution in [1.82, 2.24) is 10.2 Å². The van der Waals surface area contributed by atoms with Crippen LogP contribution in [0.15, 0.2) is 33.7 Å². The van der Waals surface area contributed by atoms with Gasteiger partial charge in [-0.1, -0.05) is 13.8 Å². The van der Waals surface area contributed by atoms with Gasteiger partial charge in [0.25, 0.3) is 0 Å². The van der Waals surface area contributed by atoms with Crippen molar-refractivity contribution < 1.29 is 107 Å². The summed E-state index contributed by atoms with van der Waals surface area (Å²) >= 11 is 0. The molecule has 0 saturated carbocycles. The number of guanidine groups is 2. The molecule has 2 aliphatic rings. The predicted octanol–water partition coefficient (Wildman–Crippen LogP) is -4.04. The van der Waals surface area contributed by atoms with Gasteiger partial charge in [0, 0.05) is 58.6 Å². The van der Waals surface area contributed by atoms with E-state index in [2.05, 4.69) is 15.3 Å². The first-order valence-electron chi connectivity index (χ1n) is 25.1. The van der Waals surface area contributed by atoms with E-state index in [1.54, 1.807) is 6.92 Å². The summed E-state index contributed by atoms with van der Waals surface area (Å²) in [6.45, 7) is 6.06. The maximum Gasteiger partial charge on any atom is 0.370 e. The van der Waals surface area contributed by atoms with Crippen LogP contribution in [0.2, 0.25) is 0 Å². The molecular weight excluding hydrogens is 1030 g/mol. The number of aliphatic hydroxyl groups is 4. The van der Waals surface area contributed by atoms with Gasteiger partial charge in [-0.25, -0.2) is 19.6 Å². The van der Waals surface area contributed by atoms with Crippen molar-refractivity contribution in [1.29, 1.82) is 0 Å². The Bertz CT molecular complexity index is 1940. The van der Waals surface area contributed by atoms with E-state index < -0.39 is 121 Å². The van der Waals surface area contributed by atoms with Crippen molar-refractivity contribution in [2.75, 3.05) is 106 Å². The average molecular weight is 1110 g/mol. The first-order chi connectivity index (χ1) is 36.7. The molecule has 0 bridgehead atoms. The predicted molar refractivity (Wildman–Crippen MR) is 268 cm³/mol. The first-order valence-corrected chi connectivity index (χ1v) is 25.1. The van der Waals surface area contributed by atoms with E-state index in [1.807, 2.05) is 6.92 Å². The Hall–Kier alpha value is -5.96. The molecule has 0 saturated heterocycles. The lowest BCUT2D eigenvalue weighted by atomic mass is 9.87. The standard InChI is InChI=1S/C47H80N8O22/c1-4-12-68-18-20-72-22-23-73-21-19-71-15-9-36(61)55(10-16-69-13-5-7-37(62)76-41(32(59)26-56)40-28(2)30(53-46(48)49)24-34(74-40)44(64)65)11-17-70-14-6-8-38(63)77-42(33(60)27-57)43-39(52-29(3)58)31(54-47(50)51)25-35(75-43)45(66)67/h24-25,28,30-33,39-43,56-57,59-60H,4-23,26-27H2,1-3H3,(H,52,58)(H,64,65)(H,66,67)(H4,48,49,53)(H4,50,51,54)/t28-,30+,31+,32-,33-,39-,40-,41-,42-,43-/m1/s1. The van der Waals surface area contributed by atoms with Crippen molar-refractivity contribution in [3.05, 3.63) is 23.7 Å². The number of nitrogens with zero attached hydrogens (tertiary/aromatic N) is 3. The Morgan fingerprint density at radius 2 is 1.04 bits per heavy atom. The van der Waals surface area contributed by atoms with Crippen molar-refractivity contribution in [3.8, 4) is 0 Å². The number of carbonyl (C=O) groups excluding carboxylic acids is 4. The number of nitrogens with one attached hydrogen (secondary N) is 1. The number of hydrogen-bond donors (Lipinski definition) is 11. The van der Waals surface area contributed by atoms with Crippen LogP contribution in [-0.4, -0.2) is 243 Å². The summed E-state index contributed by atoms with van der Waals surface area (Å²) in [4.78, 5) is 84.8. The number of aliphatic hydroxyl groups excluding tert-OH is 4. The van der Waals surface area contributed by atoms with Crippen molar-refractivity contribution >= 4 is 47.6 Å². The second-order valence-corrected chi connectivity index (χ2v) is 17.4. The molecule has 15 N–H and O–H groups in total. The molecule has 30 heteroatoms. The summed E-state index contributed by atoms with van der Waals surface area (Å²) in [7, 11) is 0. The third-order valence-electron chi connectivity index (χ3n) is 11.3. The number of ether oxygens (including phenoxy) is 10. The van der Waals surface area contributed by atoms with Crippen LogP contribution in [0.1, 0.15) is 59.3 Å². The van der Waals surface area contributed by atoms with E-state index in [9.17, 15) is 59.4 Å². The Labute approximate surface area is 445 Å². The molecule has 0 aliphatic carbocycles. The van der Waals surface area contributed by atoms with Crippen LogP contribution in [0.3, 0.4) is 0 Å². The summed E-state index contributed by atoms with van der Waals surface area (Å²) in [5.41, 5.74) is 22.1. The number of rotatable bonds is 41. The van der Waals surface area contributed by atoms with Gasteiger partial charge in [0.1, 0.15) is 18.3 Å². The van der Waals surface area contributed by atoms with Gasteiger partial charge >= 0.3 is 23.9 Å². The fraction of sp³-hybridized carbons (Fsp3) is 0.745. The number of hydrogen-bond acceptors (Lipinski definition) is 22. The molecule has 0 spiro atoms. The largest absolute Gasteiger partial charge is 0.479 e. The maximum absolute atomic E-state index is 13.4. The van der Waals surface area contributed by atoms with E-state index in [0.717, 1.165) is 19.4 Å².